The zero-order valence-electron chi connectivity index (χ0n) is 11.2. The van der Waals surface area contributed by atoms with Gasteiger partial charge < -0.3 is 5.73 Å². The number of anilines is 1. The van der Waals surface area contributed by atoms with Gasteiger partial charge in [0.1, 0.15) is 4.90 Å². The Morgan fingerprint density at radius 3 is 2.70 bits per heavy atom. The minimum Gasteiger partial charge on any atom is -0.396 e. The fourth-order valence-corrected chi connectivity index (χ4v) is 5.41. The van der Waals surface area contributed by atoms with E-state index in [-0.39, 0.29) is 15.5 Å². The third-order valence-electron chi connectivity index (χ3n) is 3.04. The summed E-state index contributed by atoms with van der Waals surface area (Å²) in [5.41, 5.74) is 5.19. The Hall–Kier alpha value is -0.500. The van der Waals surface area contributed by atoms with E-state index in [0.717, 1.165) is 6.07 Å². The summed E-state index contributed by atoms with van der Waals surface area (Å²) in [4.78, 5) is -0.454. The minimum absolute atomic E-state index is 0.105. The highest BCUT2D eigenvalue weighted by atomic mass is 35.5. The van der Waals surface area contributed by atoms with Crippen LogP contribution in [-0.2, 0) is 10.0 Å². The number of thioether (sulfide) groups is 1. The summed E-state index contributed by atoms with van der Waals surface area (Å²) in [6.45, 7) is 4.60. The molecule has 0 unspecified atom stereocenters. The Morgan fingerprint density at radius 2 is 2.10 bits per heavy atom. The average molecular weight is 339 g/mol. The maximum Gasteiger partial charge on any atom is 0.246 e. The molecule has 0 amide bonds. The standard InChI is InChI=1S/C12H16ClFN2O2S2/c1-12(2)7-16(3-4-19-12)20(17,18)10-6-8(13)5-9(15)11(10)14/h5-6H,3-4,7,15H2,1-2H3. The Morgan fingerprint density at radius 1 is 1.45 bits per heavy atom. The van der Waals surface area contributed by atoms with Gasteiger partial charge in [-0.15, -0.1) is 0 Å². The molecule has 0 atom stereocenters. The summed E-state index contributed by atoms with van der Waals surface area (Å²) in [6.07, 6.45) is 0. The second-order valence-corrected chi connectivity index (χ2v) is 9.40. The maximum atomic E-state index is 14.0. The largest absolute Gasteiger partial charge is 0.396 e. The molecule has 112 valence electrons. The van der Waals surface area contributed by atoms with Crippen LogP contribution in [0, 0.1) is 5.82 Å². The zero-order chi connectivity index (χ0) is 15.1. The summed E-state index contributed by atoms with van der Waals surface area (Å²) in [5, 5.41) is 0.105. The van der Waals surface area contributed by atoms with E-state index in [1.54, 1.807) is 11.8 Å². The van der Waals surface area contributed by atoms with Gasteiger partial charge in [-0.05, 0) is 26.0 Å². The molecule has 8 heteroatoms. The summed E-state index contributed by atoms with van der Waals surface area (Å²) in [7, 11) is -3.93. The Balaban J connectivity index is 2.46. The first-order valence-corrected chi connectivity index (χ1v) is 8.82. The van der Waals surface area contributed by atoms with Gasteiger partial charge in [-0.2, -0.15) is 16.1 Å². The molecule has 1 saturated heterocycles. The molecule has 0 aromatic heterocycles. The van der Waals surface area contributed by atoms with E-state index in [9.17, 15) is 12.8 Å². The van der Waals surface area contributed by atoms with Gasteiger partial charge in [-0.3, -0.25) is 0 Å². The van der Waals surface area contributed by atoms with Crippen molar-refractivity contribution in [3.8, 4) is 0 Å². The van der Waals surface area contributed by atoms with Gasteiger partial charge in [-0.1, -0.05) is 11.6 Å². The van der Waals surface area contributed by atoms with Crippen molar-refractivity contribution < 1.29 is 12.8 Å². The van der Waals surface area contributed by atoms with Crippen molar-refractivity contribution in [3.63, 3.8) is 0 Å². The average Bonchev–Trinajstić information content (AvgIpc) is 2.32. The minimum atomic E-state index is -3.93. The predicted molar refractivity (Wildman–Crippen MR) is 81.1 cm³/mol. The van der Waals surface area contributed by atoms with Crippen LogP contribution in [0.4, 0.5) is 10.1 Å². The molecule has 1 aliphatic rings. The van der Waals surface area contributed by atoms with Crippen molar-refractivity contribution >= 4 is 39.1 Å². The normalized spacial score (nSPS) is 20.0. The second-order valence-electron chi connectivity index (χ2n) is 5.25. The van der Waals surface area contributed by atoms with Crippen LogP contribution in [0.1, 0.15) is 13.8 Å². The van der Waals surface area contributed by atoms with Crippen molar-refractivity contribution in [1.82, 2.24) is 4.31 Å². The van der Waals surface area contributed by atoms with Crippen LogP contribution in [0.5, 0.6) is 0 Å². The van der Waals surface area contributed by atoms with Gasteiger partial charge in [0, 0.05) is 28.6 Å². The first kappa shape index (κ1) is 15.9. The van der Waals surface area contributed by atoms with Gasteiger partial charge >= 0.3 is 0 Å². The topological polar surface area (TPSA) is 63.4 Å². The predicted octanol–water partition coefficient (Wildman–Crippen LogP) is 2.58. The van der Waals surface area contributed by atoms with Crippen LogP contribution in [0.25, 0.3) is 0 Å². The molecule has 1 aromatic carbocycles. The van der Waals surface area contributed by atoms with Crippen LogP contribution >= 0.6 is 23.4 Å². The lowest BCUT2D eigenvalue weighted by Crippen LogP contribution is -2.46. The van der Waals surface area contributed by atoms with E-state index < -0.39 is 20.7 Å². The molecule has 0 spiro atoms. The van der Waals surface area contributed by atoms with E-state index in [1.807, 2.05) is 13.8 Å². The molecular formula is C12H16ClFN2O2S2. The van der Waals surface area contributed by atoms with E-state index in [2.05, 4.69) is 0 Å². The Labute approximate surface area is 127 Å². The van der Waals surface area contributed by atoms with Crippen molar-refractivity contribution in [3.05, 3.63) is 23.0 Å². The summed E-state index contributed by atoms with van der Waals surface area (Å²) >= 11 is 7.48. The van der Waals surface area contributed by atoms with Crippen molar-refractivity contribution in [2.45, 2.75) is 23.5 Å². The SMILES string of the molecule is CC1(C)CN(S(=O)(=O)c2cc(Cl)cc(N)c2F)CCS1. The molecule has 1 fully saturated rings. The monoisotopic (exact) mass is 338 g/mol. The van der Waals surface area contributed by atoms with Crippen LogP contribution < -0.4 is 5.73 Å². The molecule has 1 aromatic rings. The highest BCUT2D eigenvalue weighted by molar-refractivity contribution is 8.00. The number of hydrogen-bond acceptors (Lipinski definition) is 4. The summed E-state index contributed by atoms with van der Waals surface area (Å²) in [5.74, 6) is -0.269. The number of hydrogen-bond donors (Lipinski definition) is 1. The molecule has 20 heavy (non-hydrogen) atoms. The fraction of sp³-hybridized carbons (Fsp3) is 0.500. The highest BCUT2D eigenvalue weighted by Crippen LogP contribution is 2.34. The highest BCUT2D eigenvalue weighted by Gasteiger charge is 2.36. The summed E-state index contributed by atoms with van der Waals surface area (Å²) < 4.78 is 40.2. The zero-order valence-corrected chi connectivity index (χ0v) is 13.6. The van der Waals surface area contributed by atoms with Gasteiger partial charge in [0.05, 0.1) is 5.69 Å². The van der Waals surface area contributed by atoms with Gasteiger partial charge in [0.2, 0.25) is 10.0 Å². The Kier molecular flexibility index (Phi) is 4.26. The smallest absolute Gasteiger partial charge is 0.246 e. The van der Waals surface area contributed by atoms with Gasteiger partial charge in [0.15, 0.2) is 5.82 Å². The van der Waals surface area contributed by atoms with Crippen molar-refractivity contribution in [2.75, 3.05) is 24.6 Å². The molecular weight excluding hydrogens is 323 g/mol. The molecule has 0 saturated carbocycles. The second kappa shape index (κ2) is 5.36. The van der Waals surface area contributed by atoms with E-state index >= 15 is 0 Å². The lowest BCUT2D eigenvalue weighted by Gasteiger charge is -2.36. The van der Waals surface area contributed by atoms with Crippen molar-refractivity contribution in [1.29, 1.82) is 0 Å². The van der Waals surface area contributed by atoms with E-state index in [4.69, 9.17) is 17.3 Å². The summed E-state index contributed by atoms with van der Waals surface area (Å²) in [6, 6.07) is 2.31. The van der Waals surface area contributed by atoms with Crippen LogP contribution in [0.3, 0.4) is 0 Å². The molecule has 4 nitrogen and oxygen atoms in total. The molecule has 1 heterocycles. The number of benzene rings is 1. The van der Waals surface area contributed by atoms with Crippen LogP contribution in [0.15, 0.2) is 17.0 Å². The third-order valence-corrected chi connectivity index (χ3v) is 6.40. The molecule has 1 aliphatic heterocycles. The number of rotatable bonds is 2. The third kappa shape index (κ3) is 3.05. The number of sulfonamides is 1. The van der Waals surface area contributed by atoms with Gasteiger partial charge in [-0.25, -0.2) is 12.8 Å². The molecule has 2 rings (SSSR count). The number of halogens is 2. The van der Waals surface area contributed by atoms with E-state index in [1.165, 1.54) is 10.4 Å². The molecule has 0 bridgehead atoms. The molecule has 0 aliphatic carbocycles. The maximum absolute atomic E-state index is 14.0. The number of nitrogens with two attached hydrogens (primary N) is 1. The first-order chi connectivity index (χ1) is 9.13. The lowest BCUT2D eigenvalue weighted by molar-refractivity contribution is 0.385. The van der Waals surface area contributed by atoms with Crippen LogP contribution in [-0.4, -0.2) is 36.3 Å². The molecule has 2 N–H and O–H groups in total. The van der Waals surface area contributed by atoms with Crippen molar-refractivity contribution in [2.24, 2.45) is 0 Å². The van der Waals surface area contributed by atoms with E-state index in [0.29, 0.717) is 18.8 Å². The molecule has 0 radical (unpaired) electrons. The quantitative estimate of drug-likeness (QED) is 0.842. The Bertz CT molecular complexity index is 635. The lowest BCUT2D eigenvalue weighted by atomic mass is 10.2. The number of nitrogens with zero attached hydrogens (tertiary/aromatic N) is 1. The number of nitrogen functional groups attached to an aromatic ring is 1. The first-order valence-electron chi connectivity index (χ1n) is 6.02. The fourth-order valence-electron chi connectivity index (χ4n) is 2.09. The van der Waals surface area contributed by atoms with Gasteiger partial charge in [0.25, 0.3) is 0 Å². The van der Waals surface area contributed by atoms with Crippen LogP contribution in [0.2, 0.25) is 5.02 Å².